The van der Waals surface area contributed by atoms with Crippen LogP contribution in [0.1, 0.15) is 22.0 Å². The number of halogens is 1. The van der Waals surface area contributed by atoms with Crippen molar-refractivity contribution >= 4 is 28.7 Å². The topological polar surface area (TPSA) is 24.1 Å². The molecule has 1 aromatic heterocycles. The number of thiophene rings is 1. The van der Waals surface area contributed by atoms with Crippen LogP contribution in [-0.4, -0.2) is 5.11 Å². The molecule has 122 valence electrons. The van der Waals surface area contributed by atoms with Gasteiger partial charge >= 0.3 is 0 Å². The summed E-state index contributed by atoms with van der Waals surface area (Å²) in [4.78, 5) is 1.20. The molecule has 5 heteroatoms. The van der Waals surface area contributed by atoms with E-state index in [-0.39, 0.29) is 11.9 Å². The first-order chi connectivity index (χ1) is 11.7. The fourth-order valence-corrected chi connectivity index (χ4v) is 3.38. The van der Waals surface area contributed by atoms with E-state index in [0.717, 1.165) is 11.1 Å². The summed E-state index contributed by atoms with van der Waals surface area (Å²) in [5, 5.41) is 9.19. The van der Waals surface area contributed by atoms with Gasteiger partial charge in [0.1, 0.15) is 5.82 Å². The van der Waals surface area contributed by atoms with Crippen LogP contribution < -0.4 is 10.6 Å². The molecular formula is C19H17FN2S2. The maximum Gasteiger partial charge on any atom is 0.167 e. The summed E-state index contributed by atoms with van der Waals surface area (Å²) in [5.41, 5.74) is 2.14. The molecule has 2 nitrogen and oxygen atoms in total. The average Bonchev–Trinajstić information content (AvgIpc) is 3.14. The summed E-state index contributed by atoms with van der Waals surface area (Å²) in [7, 11) is 0. The minimum Gasteiger partial charge on any atom is -0.359 e. The van der Waals surface area contributed by atoms with E-state index in [9.17, 15) is 4.39 Å². The van der Waals surface area contributed by atoms with Crippen molar-refractivity contribution < 1.29 is 4.39 Å². The third-order valence-corrected chi connectivity index (χ3v) is 4.80. The van der Waals surface area contributed by atoms with Gasteiger partial charge in [-0.1, -0.05) is 48.5 Å². The van der Waals surface area contributed by atoms with Gasteiger partial charge in [-0.05, 0) is 46.9 Å². The highest BCUT2D eigenvalue weighted by Gasteiger charge is 2.15. The van der Waals surface area contributed by atoms with Crippen molar-refractivity contribution in [1.29, 1.82) is 0 Å². The lowest BCUT2D eigenvalue weighted by molar-refractivity contribution is 0.626. The molecule has 1 atom stereocenters. The van der Waals surface area contributed by atoms with Crippen molar-refractivity contribution in [3.05, 3.63) is 93.9 Å². The SMILES string of the molecule is Fc1ccc(CNC(=S)N[C@H](c2ccccc2)c2cccs2)cc1. The van der Waals surface area contributed by atoms with Crippen LogP contribution in [0.3, 0.4) is 0 Å². The lowest BCUT2D eigenvalue weighted by atomic mass is 10.1. The zero-order chi connectivity index (χ0) is 16.8. The molecule has 0 saturated heterocycles. The van der Waals surface area contributed by atoms with E-state index in [0.29, 0.717) is 11.7 Å². The van der Waals surface area contributed by atoms with Gasteiger partial charge in [0, 0.05) is 11.4 Å². The Morgan fingerprint density at radius 1 is 1.00 bits per heavy atom. The van der Waals surface area contributed by atoms with Gasteiger partial charge in [0.15, 0.2) is 5.11 Å². The second kappa shape index (κ2) is 8.04. The van der Waals surface area contributed by atoms with Gasteiger partial charge in [0.25, 0.3) is 0 Å². The lowest BCUT2D eigenvalue weighted by Gasteiger charge is -2.20. The van der Waals surface area contributed by atoms with Crippen LogP contribution in [-0.2, 0) is 6.54 Å². The largest absolute Gasteiger partial charge is 0.359 e. The Bertz CT molecular complexity index is 771. The molecular weight excluding hydrogens is 339 g/mol. The van der Waals surface area contributed by atoms with Gasteiger partial charge in [0.05, 0.1) is 6.04 Å². The van der Waals surface area contributed by atoms with E-state index >= 15 is 0 Å². The molecule has 0 saturated carbocycles. The van der Waals surface area contributed by atoms with Crippen LogP contribution in [0.4, 0.5) is 4.39 Å². The molecule has 0 aliphatic heterocycles. The summed E-state index contributed by atoms with van der Waals surface area (Å²) in [6.07, 6.45) is 0. The number of rotatable bonds is 5. The van der Waals surface area contributed by atoms with E-state index in [2.05, 4.69) is 34.2 Å². The van der Waals surface area contributed by atoms with Gasteiger partial charge in [-0.25, -0.2) is 4.39 Å². The highest BCUT2D eigenvalue weighted by atomic mass is 32.1. The van der Waals surface area contributed by atoms with Crippen molar-refractivity contribution in [1.82, 2.24) is 10.6 Å². The van der Waals surface area contributed by atoms with E-state index in [1.54, 1.807) is 23.5 Å². The summed E-state index contributed by atoms with van der Waals surface area (Å²) >= 11 is 7.13. The minimum atomic E-state index is -0.235. The fourth-order valence-electron chi connectivity index (χ4n) is 2.39. The molecule has 0 bridgehead atoms. The van der Waals surface area contributed by atoms with E-state index < -0.39 is 0 Å². The fraction of sp³-hybridized carbons (Fsp3) is 0.105. The molecule has 0 aliphatic carbocycles. The second-order valence-electron chi connectivity index (χ2n) is 5.31. The Morgan fingerprint density at radius 2 is 1.75 bits per heavy atom. The highest BCUT2D eigenvalue weighted by Crippen LogP contribution is 2.25. The lowest BCUT2D eigenvalue weighted by Crippen LogP contribution is -2.37. The quantitative estimate of drug-likeness (QED) is 0.651. The Balaban J connectivity index is 1.66. The molecule has 0 unspecified atom stereocenters. The number of hydrogen-bond acceptors (Lipinski definition) is 2. The summed E-state index contributed by atoms with van der Waals surface area (Å²) in [6.45, 7) is 0.554. The van der Waals surface area contributed by atoms with Crippen LogP contribution in [0, 0.1) is 5.82 Å². The third-order valence-electron chi connectivity index (χ3n) is 3.60. The minimum absolute atomic E-state index is 0.0133. The molecule has 1 heterocycles. The summed E-state index contributed by atoms with van der Waals surface area (Å²) in [5.74, 6) is -0.235. The van der Waals surface area contributed by atoms with Crippen molar-refractivity contribution in [2.45, 2.75) is 12.6 Å². The third kappa shape index (κ3) is 4.40. The van der Waals surface area contributed by atoms with Gasteiger partial charge in [0.2, 0.25) is 0 Å². The maximum absolute atomic E-state index is 12.9. The van der Waals surface area contributed by atoms with Crippen molar-refractivity contribution in [2.75, 3.05) is 0 Å². The predicted octanol–water partition coefficient (Wildman–Crippen LogP) is 4.64. The molecule has 0 fully saturated rings. The zero-order valence-corrected chi connectivity index (χ0v) is 14.5. The first-order valence-corrected chi connectivity index (χ1v) is 8.88. The van der Waals surface area contributed by atoms with Crippen LogP contribution >= 0.6 is 23.6 Å². The van der Waals surface area contributed by atoms with Gasteiger partial charge in [-0.15, -0.1) is 11.3 Å². The molecule has 0 amide bonds. The van der Waals surface area contributed by atoms with Crippen LogP contribution in [0.5, 0.6) is 0 Å². The van der Waals surface area contributed by atoms with Crippen LogP contribution in [0.25, 0.3) is 0 Å². The van der Waals surface area contributed by atoms with Gasteiger partial charge in [-0.2, -0.15) is 0 Å². The van der Waals surface area contributed by atoms with Gasteiger partial charge in [-0.3, -0.25) is 0 Å². The Labute approximate surface area is 150 Å². The Kier molecular flexibility index (Phi) is 5.56. The average molecular weight is 356 g/mol. The molecule has 24 heavy (non-hydrogen) atoms. The molecule has 2 N–H and O–H groups in total. The first-order valence-electron chi connectivity index (χ1n) is 7.59. The summed E-state index contributed by atoms with van der Waals surface area (Å²) < 4.78 is 12.9. The summed E-state index contributed by atoms with van der Waals surface area (Å²) in [6, 6.07) is 20.7. The van der Waals surface area contributed by atoms with E-state index in [1.165, 1.54) is 17.0 Å². The predicted molar refractivity (Wildman–Crippen MR) is 102 cm³/mol. The molecule has 0 spiro atoms. The number of hydrogen-bond donors (Lipinski definition) is 2. The monoisotopic (exact) mass is 356 g/mol. The Morgan fingerprint density at radius 3 is 2.42 bits per heavy atom. The number of nitrogens with one attached hydrogen (secondary N) is 2. The van der Waals surface area contributed by atoms with Gasteiger partial charge < -0.3 is 10.6 Å². The molecule has 3 rings (SSSR count). The molecule has 3 aromatic rings. The number of thiocarbonyl (C=S) groups is 1. The second-order valence-corrected chi connectivity index (χ2v) is 6.70. The smallest absolute Gasteiger partial charge is 0.167 e. The van der Waals surface area contributed by atoms with Crippen molar-refractivity contribution in [3.63, 3.8) is 0 Å². The molecule has 2 aromatic carbocycles. The Hall–Kier alpha value is -2.24. The van der Waals surface area contributed by atoms with E-state index in [4.69, 9.17) is 12.2 Å². The normalized spacial score (nSPS) is 11.7. The maximum atomic E-state index is 12.9. The molecule has 0 aliphatic rings. The standard InChI is InChI=1S/C19H17FN2S2/c20-16-10-8-14(9-11-16)13-21-19(23)22-18(17-7-4-12-24-17)15-5-2-1-3-6-15/h1-12,18H,13H2,(H2,21,22,23)/t18-/m1/s1. The number of benzene rings is 2. The van der Waals surface area contributed by atoms with Crippen LogP contribution in [0.15, 0.2) is 72.1 Å². The van der Waals surface area contributed by atoms with Crippen molar-refractivity contribution in [3.8, 4) is 0 Å². The molecule has 0 radical (unpaired) electrons. The van der Waals surface area contributed by atoms with E-state index in [1.807, 2.05) is 24.3 Å². The highest BCUT2D eigenvalue weighted by molar-refractivity contribution is 7.80. The van der Waals surface area contributed by atoms with Crippen molar-refractivity contribution in [2.24, 2.45) is 0 Å². The van der Waals surface area contributed by atoms with Crippen LogP contribution in [0.2, 0.25) is 0 Å². The zero-order valence-electron chi connectivity index (χ0n) is 12.9. The first kappa shape index (κ1) is 16.6.